The van der Waals surface area contributed by atoms with Gasteiger partial charge >= 0.3 is 0 Å². The Labute approximate surface area is 150 Å². The molecule has 4 aromatic heterocycles. The van der Waals surface area contributed by atoms with Crippen LogP contribution in [0.1, 0.15) is 24.4 Å². The lowest BCUT2D eigenvalue weighted by Gasteiger charge is -2.24. The van der Waals surface area contributed by atoms with Crippen LogP contribution in [0.4, 0.5) is 17.6 Å². The van der Waals surface area contributed by atoms with Gasteiger partial charge in [0.1, 0.15) is 5.82 Å². The molecule has 0 bridgehead atoms. The normalized spacial score (nSPS) is 12.3. The third-order valence-corrected chi connectivity index (χ3v) is 4.36. The van der Waals surface area contributed by atoms with Crippen LogP contribution >= 0.6 is 0 Å². The first-order chi connectivity index (χ1) is 12.6. The van der Waals surface area contributed by atoms with Gasteiger partial charge in [0, 0.05) is 31.2 Å². The quantitative estimate of drug-likeness (QED) is 0.512. The Balaban J connectivity index is 1.56. The van der Waals surface area contributed by atoms with Crippen LogP contribution in [0.5, 0.6) is 0 Å². The molecule has 8 heteroatoms. The highest BCUT2D eigenvalue weighted by atomic mass is 15.3. The minimum Gasteiger partial charge on any atom is -0.360 e. The molecule has 0 fully saturated rings. The molecule has 0 unspecified atom stereocenters. The van der Waals surface area contributed by atoms with Gasteiger partial charge in [0.2, 0.25) is 5.95 Å². The van der Waals surface area contributed by atoms with Gasteiger partial charge in [-0.1, -0.05) is 0 Å². The summed E-state index contributed by atoms with van der Waals surface area (Å²) in [7, 11) is 1.96. The van der Waals surface area contributed by atoms with Crippen LogP contribution in [-0.2, 0) is 0 Å². The summed E-state index contributed by atoms with van der Waals surface area (Å²) >= 11 is 0. The van der Waals surface area contributed by atoms with E-state index in [-0.39, 0.29) is 6.04 Å². The van der Waals surface area contributed by atoms with E-state index in [1.807, 2.05) is 55.4 Å². The Morgan fingerprint density at radius 3 is 2.81 bits per heavy atom. The highest BCUT2D eigenvalue weighted by Crippen LogP contribution is 2.24. The molecular weight excluding hydrogens is 328 g/mol. The van der Waals surface area contributed by atoms with Crippen molar-refractivity contribution in [1.29, 1.82) is 0 Å². The van der Waals surface area contributed by atoms with Crippen molar-refractivity contribution < 1.29 is 0 Å². The minimum atomic E-state index is 0.0252. The van der Waals surface area contributed by atoms with Crippen LogP contribution in [0.15, 0.2) is 42.7 Å². The minimum absolute atomic E-state index is 0.0252. The lowest BCUT2D eigenvalue weighted by molar-refractivity contribution is 0.697. The number of anilines is 3. The van der Waals surface area contributed by atoms with Gasteiger partial charge in [0.25, 0.3) is 0 Å². The summed E-state index contributed by atoms with van der Waals surface area (Å²) in [5.41, 5.74) is 3.93. The average molecular weight is 348 g/mol. The molecule has 0 spiro atoms. The standard InChI is InChI=1S/C18H20N8/c1-11-10-17(25-24-11)22-16-7-9-20-18(23-16)26(3)12(2)13-4-5-14-15(21-13)6-8-19-14/h4-10,12,19H,1-3H3,(H2,20,22,23,24,25)/t12-/m0/s1. The molecule has 0 aromatic carbocycles. The first-order valence-corrected chi connectivity index (χ1v) is 8.39. The molecule has 4 aromatic rings. The summed E-state index contributed by atoms with van der Waals surface area (Å²) in [6, 6.07) is 9.80. The molecule has 0 amide bonds. The third-order valence-electron chi connectivity index (χ3n) is 4.36. The summed E-state index contributed by atoms with van der Waals surface area (Å²) in [5.74, 6) is 2.03. The van der Waals surface area contributed by atoms with Gasteiger partial charge in [-0.25, -0.2) is 9.97 Å². The number of H-pyrrole nitrogens is 2. The van der Waals surface area contributed by atoms with E-state index in [4.69, 9.17) is 4.98 Å². The molecule has 0 saturated carbocycles. The fourth-order valence-corrected chi connectivity index (χ4v) is 2.76. The summed E-state index contributed by atoms with van der Waals surface area (Å²) in [5, 5.41) is 10.2. The first kappa shape index (κ1) is 16.1. The zero-order valence-electron chi connectivity index (χ0n) is 14.9. The maximum Gasteiger partial charge on any atom is 0.227 e. The molecule has 3 N–H and O–H groups in total. The maximum atomic E-state index is 4.72. The third kappa shape index (κ3) is 3.08. The molecule has 0 aliphatic rings. The smallest absolute Gasteiger partial charge is 0.227 e. The van der Waals surface area contributed by atoms with Crippen molar-refractivity contribution in [3.63, 3.8) is 0 Å². The Hall–Kier alpha value is -3.42. The molecule has 1 atom stereocenters. The summed E-state index contributed by atoms with van der Waals surface area (Å²) in [6.07, 6.45) is 3.63. The molecule has 132 valence electrons. The van der Waals surface area contributed by atoms with Crippen LogP contribution in [0.3, 0.4) is 0 Å². The maximum absolute atomic E-state index is 4.72. The topological polar surface area (TPSA) is 98.4 Å². The van der Waals surface area contributed by atoms with Crippen molar-refractivity contribution in [2.24, 2.45) is 0 Å². The van der Waals surface area contributed by atoms with E-state index in [0.717, 1.165) is 28.2 Å². The zero-order chi connectivity index (χ0) is 18.1. The Bertz CT molecular complexity index is 1030. The van der Waals surface area contributed by atoms with Crippen molar-refractivity contribution in [3.05, 3.63) is 54.1 Å². The van der Waals surface area contributed by atoms with Gasteiger partial charge < -0.3 is 15.2 Å². The molecule has 26 heavy (non-hydrogen) atoms. The highest BCUT2D eigenvalue weighted by molar-refractivity contribution is 5.74. The number of hydrogen-bond donors (Lipinski definition) is 3. The van der Waals surface area contributed by atoms with E-state index in [1.54, 1.807) is 6.20 Å². The van der Waals surface area contributed by atoms with E-state index in [1.165, 1.54) is 0 Å². The van der Waals surface area contributed by atoms with Crippen LogP contribution in [0, 0.1) is 6.92 Å². The molecule has 0 saturated heterocycles. The van der Waals surface area contributed by atoms with Gasteiger partial charge in [0.15, 0.2) is 5.82 Å². The number of nitrogens with one attached hydrogen (secondary N) is 3. The number of aryl methyl sites for hydroxylation is 1. The highest BCUT2D eigenvalue weighted by Gasteiger charge is 2.17. The van der Waals surface area contributed by atoms with Gasteiger partial charge in [-0.3, -0.25) is 5.10 Å². The van der Waals surface area contributed by atoms with Crippen molar-refractivity contribution >= 4 is 28.6 Å². The van der Waals surface area contributed by atoms with E-state index in [9.17, 15) is 0 Å². The molecule has 0 radical (unpaired) electrons. The van der Waals surface area contributed by atoms with Gasteiger partial charge in [0.05, 0.1) is 22.8 Å². The van der Waals surface area contributed by atoms with E-state index in [2.05, 4.69) is 37.4 Å². The molecule has 8 nitrogen and oxygen atoms in total. The monoisotopic (exact) mass is 348 g/mol. The fourth-order valence-electron chi connectivity index (χ4n) is 2.76. The van der Waals surface area contributed by atoms with Crippen LogP contribution in [-0.4, -0.2) is 37.2 Å². The van der Waals surface area contributed by atoms with Crippen LogP contribution in [0.2, 0.25) is 0 Å². The molecular formula is C18H20N8. The number of fused-ring (bicyclic) bond motifs is 1. The lowest BCUT2D eigenvalue weighted by atomic mass is 10.2. The van der Waals surface area contributed by atoms with Gasteiger partial charge in [-0.15, -0.1) is 0 Å². The van der Waals surface area contributed by atoms with Gasteiger partial charge in [-0.2, -0.15) is 10.1 Å². The summed E-state index contributed by atoms with van der Waals surface area (Å²) < 4.78 is 0. The second kappa shape index (κ2) is 6.47. The average Bonchev–Trinajstić information content (AvgIpc) is 3.28. The predicted molar refractivity (Wildman–Crippen MR) is 102 cm³/mol. The second-order valence-corrected chi connectivity index (χ2v) is 6.24. The van der Waals surface area contributed by atoms with Crippen molar-refractivity contribution in [2.75, 3.05) is 17.3 Å². The van der Waals surface area contributed by atoms with Crippen LogP contribution < -0.4 is 10.2 Å². The zero-order valence-corrected chi connectivity index (χ0v) is 14.9. The number of pyridine rings is 1. The molecule has 0 aliphatic heterocycles. The van der Waals surface area contributed by atoms with Crippen molar-refractivity contribution in [1.82, 2.24) is 30.1 Å². The Morgan fingerprint density at radius 2 is 2.00 bits per heavy atom. The van der Waals surface area contributed by atoms with Gasteiger partial charge in [-0.05, 0) is 38.1 Å². The van der Waals surface area contributed by atoms with E-state index >= 15 is 0 Å². The number of rotatable bonds is 5. The number of hydrogen-bond acceptors (Lipinski definition) is 6. The second-order valence-electron chi connectivity index (χ2n) is 6.24. The van der Waals surface area contributed by atoms with E-state index < -0.39 is 0 Å². The Kier molecular flexibility index (Phi) is 4.00. The first-order valence-electron chi connectivity index (χ1n) is 8.39. The molecule has 4 heterocycles. The van der Waals surface area contributed by atoms with E-state index in [0.29, 0.717) is 11.8 Å². The number of aromatic amines is 2. The molecule has 0 aliphatic carbocycles. The number of nitrogens with zero attached hydrogens (tertiary/aromatic N) is 5. The van der Waals surface area contributed by atoms with Crippen LogP contribution in [0.25, 0.3) is 11.0 Å². The predicted octanol–water partition coefficient (Wildman–Crippen LogP) is 3.33. The SMILES string of the molecule is Cc1cc(Nc2ccnc(N(C)[C@@H](C)c3ccc4[nH]ccc4n3)n2)n[nH]1. The van der Waals surface area contributed by atoms with Crippen molar-refractivity contribution in [3.8, 4) is 0 Å². The fraction of sp³-hybridized carbons (Fsp3) is 0.222. The summed E-state index contributed by atoms with van der Waals surface area (Å²) in [4.78, 5) is 18.9. The number of aromatic nitrogens is 6. The lowest BCUT2D eigenvalue weighted by Crippen LogP contribution is -2.24. The van der Waals surface area contributed by atoms with Crippen molar-refractivity contribution in [2.45, 2.75) is 19.9 Å². The Morgan fingerprint density at radius 1 is 1.12 bits per heavy atom. The molecule has 4 rings (SSSR count). The summed E-state index contributed by atoms with van der Waals surface area (Å²) in [6.45, 7) is 4.04. The largest absolute Gasteiger partial charge is 0.360 e.